The SMILES string of the molecule is CC(C)NC(=O)C(N)COC(F)(F)F.Nc1ncnc2c1ncn2CCOC[P+](=O)Oc1ccccc1. The van der Waals surface area contributed by atoms with Gasteiger partial charge in [0.25, 0.3) is 6.35 Å². The van der Waals surface area contributed by atoms with Gasteiger partial charge in [-0.05, 0) is 30.5 Å². The Morgan fingerprint density at radius 3 is 2.54 bits per heavy atom. The number of aromatic nitrogens is 4. The van der Waals surface area contributed by atoms with E-state index in [1.165, 1.54) is 6.33 Å². The van der Waals surface area contributed by atoms with Gasteiger partial charge in [0.1, 0.15) is 17.9 Å². The zero-order valence-electron chi connectivity index (χ0n) is 20.1. The molecule has 2 atom stereocenters. The molecule has 1 amide bonds. The maximum absolute atomic E-state index is 11.8. The van der Waals surface area contributed by atoms with E-state index in [9.17, 15) is 22.5 Å². The largest absolute Gasteiger partial charge is 0.585 e. The van der Waals surface area contributed by atoms with Gasteiger partial charge < -0.3 is 26.1 Å². The van der Waals surface area contributed by atoms with Gasteiger partial charge in [-0.15, -0.1) is 13.2 Å². The molecule has 2 aromatic heterocycles. The number of halogens is 3. The zero-order valence-corrected chi connectivity index (χ0v) is 21.0. The number of amides is 1. The average molecular weight is 546 g/mol. The van der Waals surface area contributed by atoms with Crippen LogP contribution in [0.3, 0.4) is 0 Å². The first-order valence-corrected chi connectivity index (χ1v) is 12.3. The van der Waals surface area contributed by atoms with Crippen molar-refractivity contribution in [2.45, 2.75) is 38.8 Å². The second-order valence-electron chi connectivity index (χ2n) is 7.67. The third-order valence-corrected chi connectivity index (χ3v) is 5.06. The molecule has 0 spiro atoms. The number of rotatable bonds is 11. The van der Waals surface area contributed by atoms with E-state index in [1.54, 1.807) is 36.9 Å². The third kappa shape index (κ3) is 11.0. The topological polar surface area (TPSA) is 170 Å². The maximum Gasteiger partial charge on any atom is 0.585 e. The quantitative estimate of drug-likeness (QED) is 0.240. The molecule has 12 nitrogen and oxygen atoms in total. The Bertz CT molecular complexity index is 1150. The van der Waals surface area contributed by atoms with Crippen LogP contribution in [-0.2, 0) is 25.4 Å². The minimum Gasteiger partial charge on any atom is -0.382 e. The van der Waals surface area contributed by atoms with E-state index in [0.717, 1.165) is 0 Å². The van der Waals surface area contributed by atoms with Crippen LogP contribution in [0.5, 0.6) is 5.75 Å². The summed E-state index contributed by atoms with van der Waals surface area (Å²) in [6.07, 6.45) is -1.72. The molecule has 0 bridgehead atoms. The van der Waals surface area contributed by atoms with Crippen LogP contribution in [0.1, 0.15) is 13.8 Å². The number of imidazole rings is 1. The number of hydrogen-bond acceptors (Lipinski definition) is 10. The number of hydrogen-bond donors (Lipinski definition) is 3. The Balaban J connectivity index is 0.000000298. The molecule has 0 aliphatic heterocycles. The molecule has 0 aliphatic carbocycles. The zero-order chi connectivity index (χ0) is 27.4. The summed E-state index contributed by atoms with van der Waals surface area (Å²) in [4.78, 5) is 23.2. The molecule has 37 heavy (non-hydrogen) atoms. The molecule has 2 heterocycles. The molecule has 16 heteroatoms. The fourth-order valence-corrected chi connectivity index (χ4v) is 3.33. The molecule has 202 valence electrons. The number of anilines is 1. The number of ether oxygens (including phenoxy) is 2. The van der Waals surface area contributed by atoms with Crippen molar-refractivity contribution in [2.24, 2.45) is 5.73 Å². The molecule has 0 saturated carbocycles. The highest BCUT2D eigenvalue weighted by molar-refractivity contribution is 7.39. The number of carbonyl (C=O) groups is 1. The number of nitrogens with zero attached hydrogens (tertiary/aromatic N) is 4. The standard InChI is InChI=1S/C14H15N5O3P.C7H13F3N2O2/c15-13-12-14(17-8-16-13)19(9-18-12)6-7-21-10-23(20)22-11-4-2-1-3-5-11;1-4(2)12-6(13)5(11)3-14-7(8,9)10/h1-5,8-9H,6-7,10H2,(H2,15,16,17);4-5H,3,11H2,1-2H3,(H,12,13)/q+1;. The van der Waals surface area contributed by atoms with Crippen LogP contribution in [0, 0.1) is 0 Å². The summed E-state index contributed by atoms with van der Waals surface area (Å²) < 4.78 is 62.2. The molecule has 0 radical (unpaired) electrons. The Hall–Kier alpha value is -3.39. The summed E-state index contributed by atoms with van der Waals surface area (Å²) in [5, 5.41) is 2.37. The van der Waals surface area contributed by atoms with Gasteiger partial charge in [-0.3, -0.25) is 14.1 Å². The number of fused-ring (bicyclic) bond motifs is 1. The lowest BCUT2D eigenvalue weighted by molar-refractivity contribution is -0.325. The van der Waals surface area contributed by atoms with Crippen LogP contribution in [0.4, 0.5) is 19.0 Å². The lowest BCUT2D eigenvalue weighted by Gasteiger charge is -2.15. The highest BCUT2D eigenvalue weighted by Gasteiger charge is 2.31. The van der Waals surface area contributed by atoms with Crippen molar-refractivity contribution in [1.29, 1.82) is 0 Å². The van der Waals surface area contributed by atoms with Crippen LogP contribution in [0.25, 0.3) is 11.2 Å². The van der Waals surface area contributed by atoms with E-state index >= 15 is 0 Å². The van der Waals surface area contributed by atoms with E-state index in [4.69, 9.17) is 20.7 Å². The fourth-order valence-electron chi connectivity index (χ4n) is 2.64. The third-order valence-electron chi connectivity index (χ3n) is 4.25. The van der Waals surface area contributed by atoms with Crippen molar-refractivity contribution in [3.05, 3.63) is 43.0 Å². The predicted octanol–water partition coefficient (Wildman–Crippen LogP) is 2.58. The van der Waals surface area contributed by atoms with Gasteiger partial charge >= 0.3 is 14.4 Å². The lowest BCUT2D eigenvalue weighted by Crippen LogP contribution is -2.46. The molecule has 3 aromatic rings. The fraction of sp³-hybridized carbons (Fsp3) is 0.429. The monoisotopic (exact) mass is 546 g/mol. The molecule has 3 rings (SSSR count). The van der Waals surface area contributed by atoms with Gasteiger partial charge in [0.05, 0.1) is 19.5 Å². The van der Waals surface area contributed by atoms with Crippen LogP contribution in [0.15, 0.2) is 43.0 Å². The highest BCUT2D eigenvalue weighted by atomic mass is 31.1. The van der Waals surface area contributed by atoms with E-state index in [-0.39, 0.29) is 12.4 Å². The predicted molar refractivity (Wildman–Crippen MR) is 128 cm³/mol. The average Bonchev–Trinajstić information content (AvgIpc) is 3.25. The number of para-hydroxylation sites is 1. The number of alkyl halides is 3. The second-order valence-corrected chi connectivity index (χ2v) is 8.78. The van der Waals surface area contributed by atoms with Crippen molar-refractivity contribution in [2.75, 3.05) is 25.3 Å². The second kappa shape index (κ2) is 14.4. The number of benzene rings is 1. The van der Waals surface area contributed by atoms with Crippen molar-refractivity contribution < 1.29 is 36.5 Å². The van der Waals surface area contributed by atoms with Crippen LogP contribution in [0.2, 0.25) is 0 Å². The van der Waals surface area contributed by atoms with Crippen LogP contribution < -0.4 is 21.3 Å². The summed E-state index contributed by atoms with van der Waals surface area (Å²) in [5.41, 5.74) is 12.1. The molecule has 1 aromatic carbocycles. The smallest absolute Gasteiger partial charge is 0.382 e. The van der Waals surface area contributed by atoms with Crippen molar-refractivity contribution in [3.63, 3.8) is 0 Å². The Labute approximate surface area is 211 Å². The maximum atomic E-state index is 11.8. The molecule has 0 saturated heterocycles. The number of carbonyl (C=O) groups excluding carboxylic acids is 1. The Kier molecular flexibility index (Phi) is 11.6. The van der Waals surface area contributed by atoms with Crippen LogP contribution >= 0.6 is 8.03 Å². The van der Waals surface area contributed by atoms with Gasteiger partial charge in [0.2, 0.25) is 5.91 Å². The first-order chi connectivity index (χ1) is 17.5. The number of nitrogen functional groups attached to an aromatic ring is 1. The highest BCUT2D eigenvalue weighted by Crippen LogP contribution is 2.26. The van der Waals surface area contributed by atoms with Gasteiger partial charge in [-0.25, -0.2) is 15.0 Å². The van der Waals surface area contributed by atoms with E-state index in [2.05, 4.69) is 25.0 Å². The van der Waals surface area contributed by atoms with Crippen molar-refractivity contribution in [1.82, 2.24) is 24.8 Å². The minimum atomic E-state index is -4.75. The lowest BCUT2D eigenvalue weighted by atomic mass is 10.3. The summed E-state index contributed by atoms with van der Waals surface area (Å²) in [6, 6.07) is 7.51. The molecular weight excluding hydrogens is 518 g/mol. The molecule has 5 N–H and O–H groups in total. The van der Waals surface area contributed by atoms with Gasteiger partial charge in [-0.2, -0.15) is 0 Å². The summed E-state index contributed by atoms with van der Waals surface area (Å²) in [7, 11) is -1.91. The van der Waals surface area contributed by atoms with Gasteiger partial charge in [-0.1, -0.05) is 18.2 Å². The summed E-state index contributed by atoms with van der Waals surface area (Å²) in [6.45, 7) is 3.35. The van der Waals surface area contributed by atoms with Crippen molar-refractivity contribution >= 4 is 30.9 Å². The van der Waals surface area contributed by atoms with Crippen LogP contribution in [-0.4, -0.2) is 63.4 Å². The number of nitrogens with two attached hydrogens (primary N) is 2. The first-order valence-electron chi connectivity index (χ1n) is 10.9. The first kappa shape index (κ1) is 29.8. The van der Waals surface area contributed by atoms with E-state index in [1.807, 2.05) is 18.2 Å². The minimum absolute atomic E-state index is 0.0218. The Morgan fingerprint density at radius 1 is 1.19 bits per heavy atom. The summed E-state index contributed by atoms with van der Waals surface area (Å²) in [5.74, 6) is 0.239. The molecular formula is C21H28F3N7O5P+. The summed E-state index contributed by atoms with van der Waals surface area (Å²) >= 11 is 0. The number of nitrogens with one attached hydrogen (secondary N) is 1. The van der Waals surface area contributed by atoms with Gasteiger partial charge in [0.15, 0.2) is 17.2 Å². The Morgan fingerprint density at radius 2 is 1.89 bits per heavy atom. The van der Waals surface area contributed by atoms with E-state index < -0.39 is 32.9 Å². The molecule has 2 unspecified atom stereocenters. The van der Waals surface area contributed by atoms with Gasteiger partial charge in [0, 0.05) is 12.6 Å². The van der Waals surface area contributed by atoms with E-state index in [0.29, 0.717) is 35.9 Å². The molecule has 0 fully saturated rings. The normalized spacial score (nSPS) is 12.6. The molecule has 0 aliphatic rings. The van der Waals surface area contributed by atoms with Crippen molar-refractivity contribution in [3.8, 4) is 5.75 Å².